The number of rotatable bonds is 3. The lowest BCUT2D eigenvalue weighted by Crippen LogP contribution is -2.47. The highest BCUT2D eigenvalue weighted by atomic mass is 79.9. The van der Waals surface area contributed by atoms with E-state index in [1.165, 1.54) is 12.8 Å². The number of halogens is 1. The van der Waals surface area contributed by atoms with Gasteiger partial charge >= 0.3 is 5.97 Å². The Morgan fingerprint density at radius 2 is 1.89 bits per heavy atom. The Hall–Kier alpha value is -1.07. The summed E-state index contributed by atoms with van der Waals surface area (Å²) in [6.07, 6.45) is 2.66. The molecule has 0 unspecified atom stereocenters. The quantitative estimate of drug-likeness (QED) is 0.927. The van der Waals surface area contributed by atoms with Crippen LogP contribution < -0.4 is 4.90 Å². The van der Waals surface area contributed by atoms with E-state index >= 15 is 0 Å². The molecule has 0 spiro atoms. The summed E-state index contributed by atoms with van der Waals surface area (Å²) in [5, 5.41) is 9.36. The lowest BCUT2D eigenvalue weighted by atomic mass is 10.1. The van der Waals surface area contributed by atoms with Crippen LogP contribution in [-0.2, 0) is 0 Å². The fourth-order valence-electron chi connectivity index (χ4n) is 2.76. The van der Waals surface area contributed by atoms with Crippen LogP contribution in [0.3, 0.4) is 0 Å². The van der Waals surface area contributed by atoms with Crippen molar-refractivity contribution in [1.29, 1.82) is 0 Å². The second-order valence-corrected chi connectivity index (χ2v) is 6.05. The number of aromatic carboxylic acids is 1. The number of carboxylic acid groups (broad SMARTS) is 1. The Labute approximate surface area is 121 Å². The zero-order valence-electron chi connectivity index (χ0n) is 10.7. The molecule has 1 aliphatic carbocycles. The van der Waals surface area contributed by atoms with E-state index in [0.29, 0.717) is 10.0 Å². The van der Waals surface area contributed by atoms with E-state index in [4.69, 9.17) is 0 Å². The van der Waals surface area contributed by atoms with Crippen molar-refractivity contribution >= 4 is 27.6 Å². The predicted molar refractivity (Wildman–Crippen MR) is 77.9 cm³/mol. The van der Waals surface area contributed by atoms with Gasteiger partial charge in [-0.05, 0) is 40.9 Å². The Balaban J connectivity index is 1.79. The molecule has 1 aromatic rings. The number of piperazine rings is 1. The predicted octanol–water partition coefficient (Wildman–Crippen LogP) is 2.43. The minimum atomic E-state index is -0.868. The van der Waals surface area contributed by atoms with Crippen LogP contribution >= 0.6 is 15.9 Å². The van der Waals surface area contributed by atoms with E-state index in [2.05, 4.69) is 25.7 Å². The van der Waals surface area contributed by atoms with Gasteiger partial charge in [-0.3, -0.25) is 4.90 Å². The van der Waals surface area contributed by atoms with Crippen LogP contribution in [0.1, 0.15) is 23.2 Å². The van der Waals surface area contributed by atoms with Gasteiger partial charge in [0.2, 0.25) is 0 Å². The Morgan fingerprint density at radius 3 is 2.47 bits per heavy atom. The summed E-state index contributed by atoms with van der Waals surface area (Å²) in [7, 11) is 0. The van der Waals surface area contributed by atoms with Crippen LogP contribution in [0.25, 0.3) is 0 Å². The number of anilines is 1. The van der Waals surface area contributed by atoms with Crippen LogP contribution in [-0.4, -0.2) is 48.2 Å². The maximum atomic E-state index is 11.4. The zero-order chi connectivity index (χ0) is 13.4. The van der Waals surface area contributed by atoms with Crippen molar-refractivity contribution in [2.45, 2.75) is 18.9 Å². The number of carbonyl (C=O) groups is 1. The largest absolute Gasteiger partial charge is 0.478 e. The lowest BCUT2D eigenvalue weighted by molar-refractivity contribution is 0.0696. The third-order valence-electron chi connectivity index (χ3n) is 3.92. The average Bonchev–Trinajstić information content (AvgIpc) is 3.22. The molecule has 3 rings (SSSR count). The first-order valence-electron chi connectivity index (χ1n) is 6.67. The summed E-state index contributed by atoms with van der Waals surface area (Å²) in [6, 6.07) is 6.39. The van der Waals surface area contributed by atoms with Crippen LogP contribution in [0.15, 0.2) is 22.7 Å². The number of hydrogen-bond acceptors (Lipinski definition) is 3. The number of carboxylic acids is 1. The minimum absolute atomic E-state index is 0.377. The van der Waals surface area contributed by atoms with Crippen molar-refractivity contribution < 1.29 is 9.90 Å². The van der Waals surface area contributed by atoms with Gasteiger partial charge in [0.1, 0.15) is 0 Å². The van der Waals surface area contributed by atoms with Gasteiger partial charge in [0.15, 0.2) is 0 Å². The molecule has 1 saturated heterocycles. The summed E-state index contributed by atoms with van der Waals surface area (Å²) < 4.78 is 0.655. The molecule has 1 saturated carbocycles. The summed E-state index contributed by atoms with van der Waals surface area (Å²) in [5.74, 6) is -0.868. The van der Waals surface area contributed by atoms with Gasteiger partial charge < -0.3 is 10.0 Å². The Morgan fingerprint density at radius 1 is 1.21 bits per heavy atom. The zero-order valence-corrected chi connectivity index (χ0v) is 12.3. The van der Waals surface area contributed by atoms with Crippen molar-refractivity contribution in [2.75, 3.05) is 31.1 Å². The number of nitrogens with zero attached hydrogens (tertiary/aromatic N) is 2. The molecule has 1 aliphatic heterocycles. The van der Waals surface area contributed by atoms with E-state index in [0.717, 1.165) is 37.9 Å². The van der Waals surface area contributed by atoms with Crippen molar-refractivity contribution in [3.8, 4) is 0 Å². The fourth-order valence-corrected chi connectivity index (χ4v) is 3.28. The summed E-state index contributed by atoms with van der Waals surface area (Å²) in [4.78, 5) is 16.1. The SMILES string of the molecule is O=C(O)c1c(Br)cccc1N1CCN(C2CC2)CC1. The molecule has 1 aromatic carbocycles. The number of benzene rings is 1. The fraction of sp³-hybridized carbons (Fsp3) is 0.500. The highest BCUT2D eigenvalue weighted by molar-refractivity contribution is 9.10. The molecule has 0 bridgehead atoms. The molecule has 0 aromatic heterocycles. The molecule has 19 heavy (non-hydrogen) atoms. The van der Waals surface area contributed by atoms with Gasteiger partial charge in [-0.1, -0.05) is 6.07 Å². The van der Waals surface area contributed by atoms with Crippen LogP contribution in [0.5, 0.6) is 0 Å². The highest BCUT2D eigenvalue weighted by Gasteiger charge is 2.32. The Bertz CT molecular complexity index is 494. The second kappa shape index (κ2) is 5.13. The molecule has 1 heterocycles. The first-order chi connectivity index (χ1) is 9.16. The van der Waals surface area contributed by atoms with E-state index in [9.17, 15) is 9.90 Å². The monoisotopic (exact) mass is 324 g/mol. The lowest BCUT2D eigenvalue weighted by Gasteiger charge is -2.36. The van der Waals surface area contributed by atoms with Gasteiger partial charge in [-0.15, -0.1) is 0 Å². The molecule has 2 fully saturated rings. The molecule has 2 aliphatic rings. The molecular formula is C14H17BrN2O2. The topological polar surface area (TPSA) is 43.8 Å². The first kappa shape index (κ1) is 12.9. The van der Waals surface area contributed by atoms with E-state index in [1.807, 2.05) is 12.1 Å². The van der Waals surface area contributed by atoms with Gasteiger partial charge in [0.05, 0.1) is 11.3 Å². The highest BCUT2D eigenvalue weighted by Crippen LogP contribution is 2.31. The second-order valence-electron chi connectivity index (χ2n) is 5.19. The molecule has 4 nitrogen and oxygen atoms in total. The summed E-state index contributed by atoms with van der Waals surface area (Å²) in [6.45, 7) is 3.90. The van der Waals surface area contributed by atoms with Crippen molar-refractivity contribution in [3.05, 3.63) is 28.2 Å². The standard InChI is InChI=1S/C14H17BrN2O2/c15-11-2-1-3-12(13(11)14(18)19)17-8-6-16(7-9-17)10-4-5-10/h1-3,10H,4-9H2,(H,18,19). The Kier molecular flexibility index (Phi) is 3.50. The van der Waals surface area contributed by atoms with Crippen molar-refractivity contribution in [2.24, 2.45) is 0 Å². The minimum Gasteiger partial charge on any atom is -0.478 e. The molecule has 0 amide bonds. The molecule has 5 heteroatoms. The maximum absolute atomic E-state index is 11.4. The van der Waals surface area contributed by atoms with Gasteiger partial charge in [-0.2, -0.15) is 0 Å². The van der Waals surface area contributed by atoms with E-state index < -0.39 is 5.97 Å². The van der Waals surface area contributed by atoms with Crippen LogP contribution in [0.2, 0.25) is 0 Å². The van der Waals surface area contributed by atoms with Crippen molar-refractivity contribution in [3.63, 3.8) is 0 Å². The molecule has 0 radical (unpaired) electrons. The average molecular weight is 325 g/mol. The summed E-state index contributed by atoms with van der Waals surface area (Å²) >= 11 is 3.34. The number of hydrogen-bond donors (Lipinski definition) is 1. The third kappa shape index (κ3) is 2.62. The first-order valence-corrected chi connectivity index (χ1v) is 7.47. The summed E-state index contributed by atoms with van der Waals surface area (Å²) in [5.41, 5.74) is 1.21. The van der Waals surface area contributed by atoms with E-state index in [-0.39, 0.29) is 0 Å². The smallest absolute Gasteiger partial charge is 0.338 e. The third-order valence-corrected chi connectivity index (χ3v) is 4.58. The van der Waals surface area contributed by atoms with E-state index in [1.54, 1.807) is 6.07 Å². The molecule has 0 atom stereocenters. The maximum Gasteiger partial charge on any atom is 0.338 e. The van der Waals surface area contributed by atoms with Crippen LogP contribution in [0.4, 0.5) is 5.69 Å². The normalized spacial score (nSPS) is 20.6. The van der Waals surface area contributed by atoms with Gasteiger partial charge in [-0.25, -0.2) is 4.79 Å². The van der Waals surface area contributed by atoms with Crippen molar-refractivity contribution in [1.82, 2.24) is 4.90 Å². The van der Waals surface area contributed by atoms with Crippen LogP contribution in [0, 0.1) is 0 Å². The molecule has 102 valence electrons. The van der Waals surface area contributed by atoms with Gasteiger partial charge in [0.25, 0.3) is 0 Å². The molecule has 1 N–H and O–H groups in total. The van der Waals surface area contributed by atoms with Gasteiger partial charge in [0, 0.05) is 36.7 Å². The molecular weight excluding hydrogens is 308 g/mol.